The lowest BCUT2D eigenvalue weighted by atomic mass is 10.2. The first kappa shape index (κ1) is 15.1. The molecule has 1 amide bonds. The third-order valence-corrected chi connectivity index (χ3v) is 4.63. The maximum atomic E-state index is 11.7. The quantitative estimate of drug-likeness (QED) is 0.825. The van der Waals surface area contributed by atoms with E-state index < -0.39 is 16.1 Å². The van der Waals surface area contributed by atoms with Gasteiger partial charge < -0.3 is 0 Å². The van der Waals surface area contributed by atoms with Crippen LogP contribution in [-0.2, 0) is 21.4 Å². The molecule has 1 aromatic rings. The summed E-state index contributed by atoms with van der Waals surface area (Å²) in [6, 6.07) is 1.93. The molecule has 1 heterocycles. The van der Waals surface area contributed by atoms with Crippen LogP contribution < -0.4 is 4.72 Å². The Morgan fingerprint density at radius 1 is 1.50 bits per heavy atom. The van der Waals surface area contributed by atoms with E-state index in [2.05, 4.69) is 4.72 Å². The standard InChI is InChI=1S/C11H18N2O3S2/c1-3-7-13(2)18(15,16)12-11(14)5-4-10-6-8-17-9-10/h6,8-9H,3-5,7H2,1-2H3,(H,12,14). The summed E-state index contributed by atoms with van der Waals surface area (Å²) in [5, 5.41) is 3.88. The monoisotopic (exact) mass is 290 g/mol. The zero-order chi connectivity index (χ0) is 13.6. The van der Waals surface area contributed by atoms with Crippen molar-refractivity contribution in [2.75, 3.05) is 13.6 Å². The van der Waals surface area contributed by atoms with E-state index in [1.165, 1.54) is 7.05 Å². The summed E-state index contributed by atoms with van der Waals surface area (Å²) in [5.41, 5.74) is 1.05. The van der Waals surface area contributed by atoms with E-state index in [9.17, 15) is 13.2 Å². The third kappa shape index (κ3) is 4.75. The molecule has 102 valence electrons. The van der Waals surface area contributed by atoms with Gasteiger partial charge in [-0.3, -0.25) is 4.79 Å². The maximum Gasteiger partial charge on any atom is 0.303 e. The molecule has 0 saturated carbocycles. The van der Waals surface area contributed by atoms with Crippen molar-refractivity contribution in [1.82, 2.24) is 9.03 Å². The fourth-order valence-corrected chi connectivity index (χ4v) is 3.07. The fraction of sp³-hybridized carbons (Fsp3) is 0.545. The lowest BCUT2D eigenvalue weighted by Crippen LogP contribution is -2.41. The van der Waals surface area contributed by atoms with Crippen LogP contribution in [0.1, 0.15) is 25.3 Å². The van der Waals surface area contributed by atoms with Crippen molar-refractivity contribution < 1.29 is 13.2 Å². The molecule has 0 aromatic carbocycles. The summed E-state index contributed by atoms with van der Waals surface area (Å²) < 4.78 is 26.6. The van der Waals surface area contributed by atoms with Crippen molar-refractivity contribution >= 4 is 27.5 Å². The molecule has 1 N–H and O–H groups in total. The smallest absolute Gasteiger partial charge is 0.274 e. The molecule has 1 aromatic heterocycles. The number of hydrogen-bond donors (Lipinski definition) is 1. The second-order valence-corrected chi connectivity index (χ2v) is 6.54. The lowest BCUT2D eigenvalue weighted by molar-refractivity contribution is -0.119. The van der Waals surface area contributed by atoms with Gasteiger partial charge in [0.25, 0.3) is 0 Å². The van der Waals surface area contributed by atoms with Crippen molar-refractivity contribution in [2.24, 2.45) is 0 Å². The highest BCUT2D eigenvalue weighted by atomic mass is 32.2. The summed E-state index contributed by atoms with van der Waals surface area (Å²) in [6.45, 7) is 2.28. The van der Waals surface area contributed by atoms with Crippen LogP contribution in [0, 0.1) is 0 Å². The van der Waals surface area contributed by atoms with E-state index in [0.29, 0.717) is 19.4 Å². The Labute approximate surface area is 112 Å². The summed E-state index contributed by atoms with van der Waals surface area (Å²) in [5.74, 6) is -0.468. The number of aryl methyl sites for hydroxylation is 1. The molecule has 0 bridgehead atoms. The van der Waals surface area contributed by atoms with Gasteiger partial charge in [0.15, 0.2) is 0 Å². The minimum Gasteiger partial charge on any atom is -0.274 e. The van der Waals surface area contributed by atoms with Gasteiger partial charge in [0, 0.05) is 20.0 Å². The number of carbonyl (C=O) groups is 1. The highest BCUT2D eigenvalue weighted by molar-refractivity contribution is 7.87. The molecular weight excluding hydrogens is 272 g/mol. The SMILES string of the molecule is CCCN(C)S(=O)(=O)NC(=O)CCc1ccsc1. The van der Waals surface area contributed by atoms with Gasteiger partial charge in [-0.15, -0.1) is 0 Å². The number of nitrogens with one attached hydrogen (secondary N) is 1. The van der Waals surface area contributed by atoms with Crippen LogP contribution in [0.5, 0.6) is 0 Å². The molecule has 0 aliphatic rings. The van der Waals surface area contributed by atoms with Gasteiger partial charge in [-0.25, -0.2) is 4.72 Å². The van der Waals surface area contributed by atoms with Gasteiger partial charge >= 0.3 is 10.2 Å². The van der Waals surface area contributed by atoms with Crippen LogP contribution in [0.25, 0.3) is 0 Å². The molecule has 5 nitrogen and oxygen atoms in total. The minimum absolute atomic E-state index is 0.177. The first-order valence-corrected chi connectivity index (χ1v) is 8.12. The Bertz CT molecular complexity index is 468. The average Bonchev–Trinajstić information content (AvgIpc) is 2.79. The summed E-state index contributed by atoms with van der Waals surface area (Å²) in [4.78, 5) is 11.5. The van der Waals surface area contributed by atoms with Crippen molar-refractivity contribution in [3.63, 3.8) is 0 Å². The van der Waals surface area contributed by atoms with Gasteiger partial charge in [-0.05, 0) is 35.2 Å². The Balaban J connectivity index is 2.44. The molecule has 0 unspecified atom stereocenters. The maximum absolute atomic E-state index is 11.7. The van der Waals surface area contributed by atoms with E-state index in [4.69, 9.17) is 0 Å². The van der Waals surface area contributed by atoms with E-state index in [-0.39, 0.29) is 6.42 Å². The second-order valence-electron chi connectivity index (χ2n) is 3.98. The first-order valence-electron chi connectivity index (χ1n) is 5.73. The molecule has 0 atom stereocenters. The molecule has 0 aliphatic carbocycles. The number of thiophene rings is 1. The number of rotatable bonds is 7. The molecule has 0 saturated heterocycles. The highest BCUT2D eigenvalue weighted by Gasteiger charge is 2.19. The zero-order valence-corrected chi connectivity index (χ0v) is 12.2. The Kier molecular flexibility index (Phi) is 5.77. The number of carbonyl (C=O) groups excluding carboxylic acids is 1. The predicted octanol–water partition coefficient (Wildman–Crippen LogP) is 1.38. The van der Waals surface area contributed by atoms with Crippen LogP contribution in [-0.4, -0.2) is 32.2 Å². The molecule has 0 spiro atoms. The normalized spacial score (nSPS) is 11.7. The topological polar surface area (TPSA) is 66.5 Å². The van der Waals surface area contributed by atoms with E-state index in [0.717, 1.165) is 9.87 Å². The zero-order valence-electron chi connectivity index (χ0n) is 10.5. The van der Waals surface area contributed by atoms with Crippen LogP contribution in [0.3, 0.4) is 0 Å². The van der Waals surface area contributed by atoms with Gasteiger partial charge in [0.1, 0.15) is 0 Å². The van der Waals surface area contributed by atoms with Crippen molar-refractivity contribution in [2.45, 2.75) is 26.2 Å². The molecule has 0 aliphatic heterocycles. The van der Waals surface area contributed by atoms with Gasteiger partial charge in [0.05, 0.1) is 0 Å². The number of amides is 1. The third-order valence-electron chi connectivity index (χ3n) is 2.41. The average molecular weight is 290 g/mol. The Hall–Kier alpha value is -0.920. The van der Waals surface area contributed by atoms with Crippen molar-refractivity contribution in [1.29, 1.82) is 0 Å². The summed E-state index contributed by atoms with van der Waals surface area (Å²) in [6.07, 6.45) is 1.44. The van der Waals surface area contributed by atoms with Crippen molar-refractivity contribution in [3.05, 3.63) is 22.4 Å². The van der Waals surface area contributed by atoms with E-state index >= 15 is 0 Å². The minimum atomic E-state index is -3.68. The van der Waals surface area contributed by atoms with Crippen LogP contribution in [0.4, 0.5) is 0 Å². The molecular formula is C11H18N2O3S2. The van der Waals surface area contributed by atoms with E-state index in [1.54, 1.807) is 11.3 Å². The van der Waals surface area contributed by atoms with Crippen molar-refractivity contribution in [3.8, 4) is 0 Å². The molecule has 1 rings (SSSR count). The predicted molar refractivity (Wildman–Crippen MR) is 72.6 cm³/mol. The number of hydrogen-bond acceptors (Lipinski definition) is 4. The molecule has 0 fully saturated rings. The van der Waals surface area contributed by atoms with Crippen LogP contribution >= 0.6 is 11.3 Å². The Morgan fingerprint density at radius 3 is 2.78 bits per heavy atom. The number of nitrogens with zero attached hydrogens (tertiary/aromatic N) is 1. The van der Waals surface area contributed by atoms with Gasteiger partial charge in [0.2, 0.25) is 5.91 Å². The van der Waals surface area contributed by atoms with Gasteiger partial charge in [-0.2, -0.15) is 24.1 Å². The molecule has 18 heavy (non-hydrogen) atoms. The summed E-state index contributed by atoms with van der Waals surface area (Å²) >= 11 is 1.56. The fourth-order valence-electron chi connectivity index (χ4n) is 1.40. The van der Waals surface area contributed by atoms with Crippen LogP contribution in [0.2, 0.25) is 0 Å². The van der Waals surface area contributed by atoms with Gasteiger partial charge in [-0.1, -0.05) is 6.92 Å². The van der Waals surface area contributed by atoms with Crippen LogP contribution in [0.15, 0.2) is 16.8 Å². The second kappa shape index (κ2) is 6.86. The summed E-state index contributed by atoms with van der Waals surface area (Å²) in [7, 11) is -2.22. The van der Waals surface area contributed by atoms with E-state index in [1.807, 2.05) is 23.8 Å². The lowest BCUT2D eigenvalue weighted by Gasteiger charge is -2.16. The Morgan fingerprint density at radius 2 is 2.22 bits per heavy atom. The highest BCUT2D eigenvalue weighted by Crippen LogP contribution is 2.08. The molecule has 7 heteroatoms. The molecule has 0 radical (unpaired) electrons. The first-order chi connectivity index (χ1) is 8.45. The largest absolute Gasteiger partial charge is 0.303 e.